The fourth-order valence-electron chi connectivity index (χ4n) is 1.98. The molecule has 21 heavy (non-hydrogen) atoms. The van der Waals surface area contributed by atoms with Crippen LogP contribution in [0.25, 0.3) is 0 Å². The Bertz CT molecular complexity index is 468. The van der Waals surface area contributed by atoms with Gasteiger partial charge in [0, 0.05) is 13.1 Å². The monoisotopic (exact) mass is 294 g/mol. The highest BCUT2D eigenvalue weighted by atomic mass is 16.3. The number of amides is 1. The van der Waals surface area contributed by atoms with Gasteiger partial charge >= 0.3 is 0 Å². The van der Waals surface area contributed by atoms with Crippen molar-refractivity contribution in [2.75, 3.05) is 7.05 Å². The third-order valence-corrected chi connectivity index (χ3v) is 3.18. The Kier molecular flexibility index (Phi) is 7.36. The number of hydrogen-bond donors (Lipinski definition) is 3. The van der Waals surface area contributed by atoms with E-state index in [1.807, 2.05) is 0 Å². The summed E-state index contributed by atoms with van der Waals surface area (Å²) in [7, 11) is 1.73. The molecule has 118 valence electrons. The summed E-state index contributed by atoms with van der Waals surface area (Å²) in [5, 5.41) is 6.48. The van der Waals surface area contributed by atoms with Gasteiger partial charge in [-0.2, -0.15) is 0 Å². The molecule has 1 amide bonds. The smallest absolute Gasteiger partial charge is 0.284 e. The van der Waals surface area contributed by atoms with Gasteiger partial charge in [0.05, 0.1) is 6.54 Å². The van der Waals surface area contributed by atoms with Crippen molar-refractivity contribution < 1.29 is 9.21 Å². The Morgan fingerprint density at radius 1 is 1.43 bits per heavy atom. The van der Waals surface area contributed by atoms with Gasteiger partial charge in [-0.1, -0.05) is 26.2 Å². The van der Waals surface area contributed by atoms with E-state index >= 15 is 0 Å². The number of furan rings is 1. The van der Waals surface area contributed by atoms with Crippen LogP contribution >= 0.6 is 0 Å². The predicted molar refractivity (Wildman–Crippen MR) is 84.2 cm³/mol. The zero-order valence-electron chi connectivity index (χ0n) is 13.1. The summed E-state index contributed by atoms with van der Waals surface area (Å²) >= 11 is 0. The van der Waals surface area contributed by atoms with Crippen molar-refractivity contribution in [3.05, 3.63) is 23.7 Å². The minimum absolute atomic E-state index is 0.169. The van der Waals surface area contributed by atoms with E-state index < -0.39 is 5.91 Å². The third-order valence-electron chi connectivity index (χ3n) is 3.18. The number of nitrogens with zero attached hydrogens (tertiary/aromatic N) is 1. The van der Waals surface area contributed by atoms with E-state index in [1.54, 1.807) is 19.2 Å². The summed E-state index contributed by atoms with van der Waals surface area (Å²) < 4.78 is 5.30. The molecule has 6 nitrogen and oxygen atoms in total. The summed E-state index contributed by atoms with van der Waals surface area (Å²) in [5.41, 5.74) is 5.14. The Morgan fingerprint density at radius 3 is 2.76 bits per heavy atom. The highest BCUT2D eigenvalue weighted by molar-refractivity contribution is 5.89. The molecule has 0 aliphatic rings. The van der Waals surface area contributed by atoms with E-state index in [4.69, 9.17) is 10.2 Å². The predicted octanol–water partition coefficient (Wildman–Crippen LogP) is 2.01. The molecule has 0 radical (unpaired) electrons. The van der Waals surface area contributed by atoms with Gasteiger partial charge in [-0.3, -0.25) is 9.79 Å². The van der Waals surface area contributed by atoms with Gasteiger partial charge in [-0.05, 0) is 25.5 Å². The number of hydrogen-bond acceptors (Lipinski definition) is 3. The van der Waals surface area contributed by atoms with Gasteiger partial charge < -0.3 is 20.8 Å². The first-order valence-electron chi connectivity index (χ1n) is 7.42. The minimum Gasteiger partial charge on any atom is -0.454 e. The lowest BCUT2D eigenvalue weighted by Crippen LogP contribution is -2.41. The number of nitrogens with two attached hydrogens (primary N) is 1. The molecule has 6 heteroatoms. The van der Waals surface area contributed by atoms with Crippen molar-refractivity contribution in [2.24, 2.45) is 10.7 Å². The second kappa shape index (κ2) is 9.05. The van der Waals surface area contributed by atoms with E-state index in [0.717, 1.165) is 12.4 Å². The number of unbranched alkanes of at least 4 members (excludes halogenated alkanes) is 2. The number of carbonyl (C=O) groups is 1. The Morgan fingerprint density at radius 2 is 2.19 bits per heavy atom. The molecule has 0 spiro atoms. The van der Waals surface area contributed by atoms with Crippen LogP contribution in [-0.2, 0) is 6.54 Å². The maximum absolute atomic E-state index is 11.0. The van der Waals surface area contributed by atoms with Crippen LogP contribution in [0.15, 0.2) is 21.5 Å². The van der Waals surface area contributed by atoms with Gasteiger partial charge in [0.1, 0.15) is 5.76 Å². The molecule has 4 N–H and O–H groups in total. The topological polar surface area (TPSA) is 92.6 Å². The molecule has 1 aromatic rings. The molecule has 0 saturated carbocycles. The van der Waals surface area contributed by atoms with Crippen LogP contribution in [-0.4, -0.2) is 25.0 Å². The summed E-state index contributed by atoms with van der Waals surface area (Å²) in [4.78, 5) is 15.1. The summed E-state index contributed by atoms with van der Waals surface area (Å²) in [6.07, 6.45) is 4.80. The number of nitrogens with one attached hydrogen (secondary N) is 2. The maximum Gasteiger partial charge on any atom is 0.284 e. The van der Waals surface area contributed by atoms with Crippen molar-refractivity contribution in [2.45, 2.75) is 52.1 Å². The van der Waals surface area contributed by atoms with E-state index in [0.29, 0.717) is 18.3 Å². The van der Waals surface area contributed by atoms with Gasteiger partial charge in [0.25, 0.3) is 5.91 Å². The van der Waals surface area contributed by atoms with E-state index in [2.05, 4.69) is 29.5 Å². The van der Waals surface area contributed by atoms with Crippen LogP contribution in [0, 0.1) is 0 Å². The fraction of sp³-hybridized carbons (Fsp3) is 0.600. The van der Waals surface area contributed by atoms with Crippen LogP contribution in [0.4, 0.5) is 0 Å². The quantitative estimate of drug-likeness (QED) is 0.388. The number of carbonyl (C=O) groups excluding carboxylic acids is 1. The van der Waals surface area contributed by atoms with Gasteiger partial charge in [0.15, 0.2) is 11.7 Å². The van der Waals surface area contributed by atoms with Crippen LogP contribution in [0.5, 0.6) is 0 Å². The largest absolute Gasteiger partial charge is 0.454 e. The average molecular weight is 294 g/mol. The highest BCUT2D eigenvalue weighted by Crippen LogP contribution is 2.07. The Hall–Kier alpha value is -1.98. The van der Waals surface area contributed by atoms with E-state index in [9.17, 15) is 4.79 Å². The summed E-state index contributed by atoms with van der Waals surface area (Å²) in [6.45, 7) is 4.79. The zero-order valence-corrected chi connectivity index (χ0v) is 13.1. The maximum atomic E-state index is 11.0. The van der Waals surface area contributed by atoms with Crippen molar-refractivity contribution in [3.63, 3.8) is 0 Å². The van der Waals surface area contributed by atoms with Gasteiger partial charge in [-0.15, -0.1) is 0 Å². The molecule has 0 aliphatic heterocycles. The average Bonchev–Trinajstić information content (AvgIpc) is 2.92. The lowest BCUT2D eigenvalue weighted by molar-refractivity contribution is 0.0972. The number of primary amides is 1. The molecule has 0 bridgehead atoms. The van der Waals surface area contributed by atoms with Gasteiger partial charge in [-0.25, -0.2) is 0 Å². The number of aliphatic imine (C=N–C) groups is 1. The first-order chi connectivity index (χ1) is 10.1. The van der Waals surface area contributed by atoms with Crippen LogP contribution in [0.3, 0.4) is 0 Å². The molecule has 0 fully saturated rings. The molecular weight excluding hydrogens is 268 g/mol. The first kappa shape index (κ1) is 17.1. The van der Waals surface area contributed by atoms with Gasteiger partial charge in [0.2, 0.25) is 0 Å². The second-order valence-electron chi connectivity index (χ2n) is 5.10. The van der Waals surface area contributed by atoms with Crippen molar-refractivity contribution in [1.82, 2.24) is 10.6 Å². The van der Waals surface area contributed by atoms with E-state index in [1.165, 1.54) is 19.3 Å². The molecule has 0 saturated heterocycles. The molecule has 0 aliphatic carbocycles. The van der Waals surface area contributed by atoms with Crippen molar-refractivity contribution in [3.8, 4) is 0 Å². The van der Waals surface area contributed by atoms with E-state index in [-0.39, 0.29) is 5.76 Å². The van der Waals surface area contributed by atoms with Crippen LogP contribution in [0.1, 0.15) is 55.8 Å². The number of rotatable bonds is 8. The Balaban J connectivity index is 2.38. The first-order valence-corrected chi connectivity index (χ1v) is 7.42. The SMILES string of the molecule is CCCCCC(C)NC(=NC)NCc1ccc(C(N)=O)o1. The molecule has 1 atom stereocenters. The highest BCUT2D eigenvalue weighted by Gasteiger charge is 2.08. The summed E-state index contributed by atoms with van der Waals surface area (Å²) in [5.74, 6) is 0.970. The summed E-state index contributed by atoms with van der Waals surface area (Å²) in [6, 6.07) is 3.66. The number of guanidine groups is 1. The minimum atomic E-state index is -0.562. The van der Waals surface area contributed by atoms with Crippen molar-refractivity contribution in [1.29, 1.82) is 0 Å². The van der Waals surface area contributed by atoms with Crippen LogP contribution in [0.2, 0.25) is 0 Å². The molecule has 1 unspecified atom stereocenters. The Labute approximate surface area is 126 Å². The standard InChI is InChI=1S/C15H26N4O2/c1-4-5-6-7-11(2)19-15(17-3)18-10-12-8-9-13(21-12)14(16)20/h8-9,11H,4-7,10H2,1-3H3,(H2,16,20)(H2,17,18,19). The molecule has 1 aromatic heterocycles. The van der Waals surface area contributed by atoms with Crippen LogP contribution < -0.4 is 16.4 Å². The molecular formula is C15H26N4O2. The molecule has 1 rings (SSSR count). The normalized spacial score (nSPS) is 13.0. The fourth-order valence-corrected chi connectivity index (χ4v) is 1.98. The third kappa shape index (κ3) is 6.33. The molecule has 1 heterocycles. The zero-order chi connectivity index (χ0) is 15.7. The second-order valence-corrected chi connectivity index (χ2v) is 5.10. The van der Waals surface area contributed by atoms with Crippen molar-refractivity contribution >= 4 is 11.9 Å². The lowest BCUT2D eigenvalue weighted by Gasteiger charge is -2.17. The molecule has 0 aromatic carbocycles. The lowest BCUT2D eigenvalue weighted by atomic mass is 10.1.